The van der Waals surface area contributed by atoms with E-state index < -0.39 is 0 Å². The van der Waals surface area contributed by atoms with Gasteiger partial charge in [-0.25, -0.2) is 4.98 Å². The van der Waals surface area contributed by atoms with Crippen LogP contribution in [-0.2, 0) is 9.53 Å². The van der Waals surface area contributed by atoms with Gasteiger partial charge >= 0.3 is 0 Å². The molecule has 3 heterocycles. The van der Waals surface area contributed by atoms with Crippen LogP contribution in [0.4, 0.5) is 0 Å². The smallest absolute Gasteiger partial charge is 0.271 e. The summed E-state index contributed by atoms with van der Waals surface area (Å²) < 4.78 is 6.02. The third-order valence-corrected chi connectivity index (χ3v) is 4.54. The molecule has 2 atom stereocenters. The first-order valence-electron chi connectivity index (χ1n) is 8.70. The predicted molar refractivity (Wildman–Crippen MR) is 104 cm³/mol. The van der Waals surface area contributed by atoms with E-state index in [0.717, 1.165) is 5.56 Å². The first-order chi connectivity index (χ1) is 13.4. The van der Waals surface area contributed by atoms with Crippen LogP contribution in [0.5, 0.6) is 0 Å². The Morgan fingerprint density at radius 2 is 2.14 bits per heavy atom. The number of hydrogen-bond donors (Lipinski definition) is 1. The van der Waals surface area contributed by atoms with Crippen LogP contribution in [0.1, 0.15) is 29.1 Å². The average Bonchev–Trinajstić information content (AvgIpc) is 2.71. The van der Waals surface area contributed by atoms with Crippen LogP contribution >= 0.6 is 11.6 Å². The van der Waals surface area contributed by atoms with Crippen LogP contribution < -0.4 is 5.32 Å². The zero-order valence-electron chi connectivity index (χ0n) is 15.6. The summed E-state index contributed by atoms with van der Waals surface area (Å²) in [7, 11) is 1.52. The Morgan fingerprint density at radius 1 is 1.36 bits per heavy atom. The van der Waals surface area contributed by atoms with Crippen molar-refractivity contribution in [3.05, 3.63) is 53.5 Å². The Labute approximate surface area is 167 Å². The van der Waals surface area contributed by atoms with Crippen molar-refractivity contribution in [1.82, 2.24) is 25.4 Å². The molecule has 1 aliphatic heterocycles. The fourth-order valence-electron chi connectivity index (χ4n) is 3.04. The molecule has 9 heteroatoms. The number of rotatable bonds is 4. The van der Waals surface area contributed by atoms with E-state index in [4.69, 9.17) is 16.3 Å². The Hall–Kier alpha value is -2.84. The van der Waals surface area contributed by atoms with Gasteiger partial charge in [-0.05, 0) is 36.8 Å². The average molecular weight is 402 g/mol. The van der Waals surface area contributed by atoms with Crippen molar-refractivity contribution in [3.8, 4) is 11.3 Å². The van der Waals surface area contributed by atoms with Crippen molar-refractivity contribution in [2.24, 2.45) is 0 Å². The van der Waals surface area contributed by atoms with Crippen LogP contribution in [0.2, 0.25) is 5.15 Å². The number of nitrogens with one attached hydrogen (secondary N) is 1. The molecule has 8 nitrogen and oxygen atoms in total. The second-order valence-electron chi connectivity index (χ2n) is 6.40. The summed E-state index contributed by atoms with van der Waals surface area (Å²) in [5.74, 6) is -0.492. The van der Waals surface area contributed by atoms with E-state index in [0.29, 0.717) is 24.3 Å². The number of carbonyl (C=O) groups is 2. The number of carbonyl (C=O) groups excluding carboxylic acids is 2. The minimum absolute atomic E-state index is 0.138. The molecule has 2 amide bonds. The lowest BCUT2D eigenvalue weighted by Gasteiger charge is -2.36. The standard InChI is InChI=1S/C19H20ClN5O3/c1-4-18(26)25-9-11(2)28-16(10-25)12-5-14(23-17(20)7-12)13-6-15(19(27)21-3)24-22-8-13/h4-8,11,16H,1,9-10H2,2-3H3,(H,21,27)/t11-,16+/m0/s1. The summed E-state index contributed by atoms with van der Waals surface area (Å²) in [6, 6.07) is 5.11. The molecule has 0 radical (unpaired) electrons. The fourth-order valence-corrected chi connectivity index (χ4v) is 3.26. The molecular formula is C19H20ClN5O3. The second-order valence-corrected chi connectivity index (χ2v) is 6.79. The van der Waals surface area contributed by atoms with E-state index >= 15 is 0 Å². The molecule has 0 bridgehead atoms. The molecular weight excluding hydrogens is 382 g/mol. The Bertz CT molecular complexity index is 920. The van der Waals surface area contributed by atoms with Gasteiger partial charge in [-0.2, -0.15) is 5.10 Å². The largest absolute Gasteiger partial charge is 0.367 e. The molecule has 0 saturated carbocycles. The number of ether oxygens (including phenoxy) is 1. The topological polar surface area (TPSA) is 97.3 Å². The normalized spacial score (nSPS) is 19.2. The van der Waals surface area contributed by atoms with Crippen molar-refractivity contribution in [3.63, 3.8) is 0 Å². The number of aromatic nitrogens is 3. The molecule has 1 saturated heterocycles. The molecule has 2 aromatic heterocycles. The monoisotopic (exact) mass is 401 g/mol. The van der Waals surface area contributed by atoms with Gasteiger partial charge in [0, 0.05) is 19.2 Å². The maximum atomic E-state index is 12.0. The van der Waals surface area contributed by atoms with E-state index in [2.05, 4.69) is 27.1 Å². The molecule has 0 unspecified atom stereocenters. The number of nitrogens with zero attached hydrogens (tertiary/aromatic N) is 4. The highest BCUT2D eigenvalue weighted by molar-refractivity contribution is 6.29. The molecule has 1 aliphatic rings. The molecule has 1 fully saturated rings. The van der Waals surface area contributed by atoms with Gasteiger partial charge in [0.1, 0.15) is 11.3 Å². The fraction of sp³-hybridized carbons (Fsp3) is 0.316. The summed E-state index contributed by atoms with van der Waals surface area (Å²) in [6.07, 6.45) is 2.30. The zero-order chi connectivity index (χ0) is 20.3. The maximum Gasteiger partial charge on any atom is 0.271 e. The number of halogens is 1. The van der Waals surface area contributed by atoms with E-state index in [1.54, 1.807) is 17.0 Å². The predicted octanol–water partition coefficient (Wildman–Crippen LogP) is 2.03. The van der Waals surface area contributed by atoms with Crippen molar-refractivity contribution in [2.75, 3.05) is 20.1 Å². The highest BCUT2D eigenvalue weighted by Gasteiger charge is 2.29. The van der Waals surface area contributed by atoms with Gasteiger partial charge in [0.2, 0.25) is 5.91 Å². The quantitative estimate of drug-likeness (QED) is 0.621. The highest BCUT2D eigenvalue weighted by atomic mass is 35.5. The van der Waals surface area contributed by atoms with Gasteiger partial charge in [-0.15, -0.1) is 5.10 Å². The van der Waals surface area contributed by atoms with Gasteiger partial charge in [-0.3, -0.25) is 9.59 Å². The Balaban J connectivity index is 1.94. The lowest BCUT2D eigenvalue weighted by molar-refractivity contribution is -0.139. The molecule has 1 N–H and O–H groups in total. The zero-order valence-corrected chi connectivity index (χ0v) is 16.3. The SMILES string of the molecule is C=CC(=O)N1C[C@H](C)O[C@@H](c2cc(Cl)nc(-c3cnnc(C(=O)NC)c3)c2)C1. The van der Waals surface area contributed by atoms with E-state index in [9.17, 15) is 9.59 Å². The maximum absolute atomic E-state index is 12.0. The summed E-state index contributed by atoms with van der Waals surface area (Å²) in [6.45, 7) is 6.33. The third-order valence-electron chi connectivity index (χ3n) is 4.34. The van der Waals surface area contributed by atoms with Gasteiger partial charge in [-0.1, -0.05) is 18.2 Å². The third kappa shape index (κ3) is 4.35. The van der Waals surface area contributed by atoms with Crippen LogP contribution in [-0.4, -0.2) is 58.1 Å². The first kappa shape index (κ1) is 19.9. The summed E-state index contributed by atoms with van der Waals surface area (Å²) >= 11 is 6.23. The minimum atomic E-state index is -0.361. The number of hydrogen-bond acceptors (Lipinski definition) is 6. The summed E-state index contributed by atoms with van der Waals surface area (Å²) in [5, 5.41) is 10.5. The Kier molecular flexibility index (Phi) is 6.01. The van der Waals surface area contributed by atoms with Crippen molar-refractivity contribution in [1.29, 1.82) is 0 Å². The van der Waals surface area contributed by atoms with E-state index in [-0.39, 0.29) is 34.9 Å². The molecule has 0 aliphatic carbocycles. The minimum Gasteiger partial charge on any atom is -0.367 e. The van der Waals surface area contributed by atoms with E-state index in [1.807, 2.05) is 13.0 Å². The van der Waals surface area contributed by atoms with Gasteiger partial charge < -0.3 is 15.0 Å². The lowest BCUT2D eigenvalue weighted by Crippen LogP contribution is -2.45. The summed E-state index contributed by atoms with van der Waals surface area (Å²) in [5.41, 5.74) is 2.08. The lowest BCUT2D eigenvalue weighted by atomic mass is 10.0. The van der Waals surface area contributed by atoms with Crippen molar-refractivity contribution in [2.45, 2.75) is 19.1 Å². The number of pyridine rings is 1. The van der Waals surface area contributed by atoms with Gasteiger partial charge in [0.15, 0.2) is 5.69 Å². The van der Waals surface area contributed by atoms with Crippen LogP contribution in [0.3, 0.4) is 0 Å². The van der Waals surface area contributed by atoms with Crippen LogP contribution in [0, 0.1) is 0 Å². The van der Waals surface area contributed by atoms with Gasteiger partial charge in [0.25, 0.3) is 5.91 Å². The van der Waals surface area contributed by atoms with E-state index in [1.165, 1.54) is 19.3 Å². The van der Waals surface area contributed by atoms with Crippen LogP contribution in [0.15, 0.2) is 37.1 Å². The molecule has 0 spiro atoms. The number of amides is 2. The second kappa shape index (κ2) is 8.45. The highest BCUT2D eigenvalue weighted by Crippen LogP contribution is 2.30. The van der Waals surface area contributed by atoms with Crippen molar-refractivity contribution < 1.29 is 14.3 Å². The van der Waals surface area contributed by atoms with Crippen molar-refractivity contribution >= 4 is 23.4 Å². The summed E-state index contributed by atoms with van der Waals surface area (Å²) in [4.78, 5) is 29.9. The number of morpholine rings is 1. The molecule has 0 aromatic carbocycles. The van der Waals surface area contributed by atoms with Crippen LogP contribution in [0.25, 0.3) is 11.3 Å². The molecule has 146 valence electrons. The molecule has 3 rings (SSSR count). The molecule has 28 heavy (non-hydrogen) atoms. The van der Waals surface area contributed by atoms with Gasteiger partial charge in [0.05, 0.1) is 24.5 Å². The Morgan fingerprint density at radius 3 is 2.86 bits per heavy atom. The first-order valence-corrected chi connectivity index (χ1v) is 9.08. The molecule has 2 aromatic rings.